The molecule has 2 heterocycles. The number of H-pyrrole nitrogens is 1. The number of benzene rings is 1. The van der Waals surface area contributed by atoms with Crippen LogP contribution >= 0.6 is 0 Å². The van der Waals surface area contributed by atoms with Gasteiger partial charge in [-0.2, -0.15) is 0 Å². The van der Waals surface area contributed by atoms with E-state index in [1.54, 1.807) is 37.6 Å². The highest BCUT2D eigenvalue weighted by molar-refractivity contribution is 5.93. The van der Waals surface area contributed by atoms with Crippen LogP contribution in [0.4, 0.5) is 0 Å². The van der Waals surface area contributed by atoms with Crippen LogP contribution in [0.1, 0.15) is 15.9 Å². The number of nitrogens with one attached hydrogen (secondary N) is 2. The van der Waals surface area contributed by atoms with Gasteiger partial charge < -0.3 is 15.0 Å². The van der Waals surface area contributed by atoms with Gasteiger partial charge in [0.2, 0.25) is 0 Å². The van der Waals surface area contributed by atoms with Crippen LogP contribution in [0, 0.1) is 0 Å². The van der Waals surface area contributed by atoms with Gasteiger partial charge in [0.15, 0.2) is 0 Å². The van der Waals surface area contributed by atoms with Crippen LogP contribution in [0.3, 0.4) is 0 Å². The fourth-order valence-corrected chi connectivity index (χ4v) is 2.26. The number of rotatable bonds is 4. The molecule has 1 amide bonds. The number of aromatic nitrogens is 2. The monoisotopic (exact) mass is 309 g/mol. The Morgan fingerprint density at radius 1 is 1.30 bits per heavy atom. The van der Waals surface area contributed by atoms with Gasteiger partial charge >= 0.3 is 0 Å². The Hall–Kier alpha value is -3.15. The van der Waals surface area contributed by atoms with Crippen LogP contribution in [0.25, 0.3) is 10.9 Å². The molecule has 116 valence electrons. The lowest BCUT2D eigenvalue weighted by molar-refractivity contribution is 0.0950. The van der Waals surface area contributed by atoms with E-state index in [1.807, 2.05) is 12.1 Å². The summed E-state index contributed by atoms with van der Waals surface area (Å²) < 4.78 is 5.14. The predicted molar refractivity (Wildman–Crippen MR) is 86.5 cm³/mol. The molecular formula is C17H15N3O3. The quantitative estimate of drug-likeness (QED) is 0.770. The molecule has 3 aromatic rings. The van der Waals surface area contributed by atoms with E-state index in [4.69, 9.17) is 4.74 Å². The number of hydrogen-bond acceptors (Lipinski definition) is 4. The SMILES string of the molecule is COc1ccc2cc(CNC(=O)c3cccnc3)c(=O)[nH]c2c1. The van der Waals surface area contributed by atoms with Gasteiger partial charge in [-0.05, 0) is 35.7 Å². The minimum Gasteiger partial charge on any atom is -0.497 e. The maximum Gasteiger partial charge on any atom is 0.253 e. The van der Waals surface area contributed by atoms with E-state index >= 15 is 0 Å². The number of amides is 1. The zero-order valence-corrected chi connectivity index (χ0v) is 12.5. The molecule has 1 aromatic carbocycles. The second kappa shape index (κ2) is 6.31. The first-order valence-electron chi connectivity index (χ1n) is 7.05. The van der Waals surface area contributed by atoms with Crippen molar-refractivity contribution in [2.45, 2.75) is 6.54 Å². The summed E-state index contributed by atoms with van der Waals surface area (Å²) in [6, 6.07) is 10.5. The van der Waals surface area contributed by atoms with Crippen LogP contribution in [-0.4, -0.2) is 23.0 Å². The number of ether oxygens (including phenoxy) is 1. The molecule has 23 heavy (non-hydrogen) atoms. The van der Waals surface area contributed by atoms with Crippen LogP contribution in [0.5, 0.6) is 5.75 Å². The maximum atomic E-state index is 12.1. The van der Waals surface area contributed by atoms with Crippen molar-refractivity contribution in [1.82, 2.24) is 15.3 Å². The average Bonchev–Trinajstić information content (AvgIpc) is 2.60. The van der Waals surface area contributed by atoms with E-state index in [0.29, 0.717) is 22.4 Å². The number of hydrogen-bond donors (Lipinski definition) is 2. The summed E-state index contributed by atoms with van der Waals surface area (Å²) >= 11 is 0. The highest BCUT2D eigenvalue weighted by Crippen LogP contribution is 2.18. The Kier molecular flexibility index (Phi) is 4.05. The molecule has 2 aromatic heterocycles. The van der Waals surface area contributed by atoms with Gasteiger partial charge in [-0.1, -0.05) is 0 Å². The molecule has 0 aliphatic rings. The van der Waals surface area contributed by atoms with Crippen molar-refractivity contribution in [3.8, 4) is 5.75 Å². The van der Waals surface area contributed by atoms with Gasteiger partial charge in [0.05, 0.1) is 18.2 Å². The smallest absolute Gasteiger partial charge is 0.253 e. The van der Waals surface area contributed by atoms with Gasteiger partial charge in [0, 0.05) is 30.6 Å². The Morgan fingerprint density at radius 3 is 2.91 bits per heavy atom. The molecular weight excluding hydrogens is 294 g/mol. The van der Waals surface area contributed by atoms with Crippen molar-refractivity contribution in [2.24, 2.45) is 0 Å². The molecule has 0 bridgehead atoms. The highest BCUT2D eigenvalue weighted by atomic mass is 16.5. The Morgan fingerprint density at radius 2 is 2.17 bits per heavy atom. The fraction of sp³-hybridized carbons (Fsp3) is 0.118. The molecule has 0 aliphatic heterocycles. The molecule has 0 saturated heterocycles. The molecule has 0 unspecified atom stereocenters. The Balaban J connectivity index is 1.82. The molecule has 0 radical (unpaired) electrons. The molecule has 0 fully saturated rings. The third-order valence-corrected chi connectivity index (χ3v) is 3.49. The lowest BCUT2D eigenvalue weighted by Crippen LogP contribution is -2.26. The normalized spacial score (nSPS) is 10.5. The van der Waals surface area contributed by atoms with Gasteiger partial charge in [-0.15, -0.1) is 0 Å². The summed E-state index contributed by atoms with van der Waals surface area (Å²) in [5.74, 6) is 0.401. The van der Waals surface area contributed by atoms with Gasteiger partial charge in [-0.25, -0.2) is 0 Å². The van der Waals surface area contributed by atoms with Gasteiger partial charge in [0.1, 0.15) is 5.75 Å². The summed E-state index contributed by atoms with van der Waals surface area (Å²) in [6.07, 6.45) is 3.07. The van der Waals surface area contributed by atoms with Crippen LogP contribution in [0.15, 0.2) is 53.6 Å². The average molecular weight is 309 g/mol. The van der Waals surface area contributed by atoms with E-state index in [0.717, 1.165) is 5.39 Å². The standard InChI is InChI=1S/C17H15N3O3/c1-23-14-5-4-11-7-13(17(22)20-15(11)8-14)10-19-16(21)12-3-2-6-18-9-12/h2-9H,10H2,1H3,(H,19,21)(H,20,22). The van der Waals surface area contributed by atoms with E-state index in [1.165, 1.54) is 6.20 Å². The summed E-state index contributed by atoms with van der Waals surface area (Å²) in [6.45, 7) is 0.144. The van der Waals surface area contributed by atoms with Crippen LogP contribution in [0.2, 0.25) is 0 Å². The second-order valence-corrected chi connectivity index (χ2v) is 5.00. The Labute approximate surface area is 132 Å². The van der Waals surface area contributed by atoms with Crippen LogP contribution < -0.4 is 15.6 Å². The summed E-state index contributed by atoms with van der Waals surface area (Å²) in [4.78, 5) is 30.8. The van der Waals surface area contributed by atoms with Crippen molar-refractivity contribution >= 4 is 16.8 Å². The fourth-order valence-electron chi connectivity index (χ4n) is 2.26. The van der Waals surface area contributed by atoms with Gasteiger partial charge in [-0.3, -0.25) is 14.6 Å². The highest BCUT2D eigenvalue weighted by Gasteiger charge is 2.08. The minimum atomic E-state index is -0.271. The number of pyridine rings is 2. The maximum absolute atomic E-state index is 12.1. The molecule has 0 atom stereocenters. The van der Waals surface area contributed by atoms with E-state index in [2.05, 4.69) is 15.3 Å². The number of carbonyl (C=O) groups excluding carboxylic acids is 1. The minimum absolute atomic E-state index is 0.144. The number of nitrogens with zero attached hydrogens (tertiary/aromatic N) is 1. The third kappa shape index (κ3) is 3.21. The molecule has 0 aliphatic carbocycles. The Bertz CT molecular complexity index is 904. The van der Waals surface area contributed by atoms with Crippen molar-refractivity contribution in [1.29, 1.82) is 0 Å². The zero-order chi connectivity index (χ0) is 16.2. The summed E-state index contributed by atoms with van der Waals surface area (Å²) in [5, 5.41) is 3.59. The molecule has 6 heteroatoms. The zero-order valence-electron chi connectivity index (χ0n) is 12.5. The predicted octanol–water partition coefficient (Wildman–Crippen LogP) is 1.86. The molecule has 6 nitrogen and oxygen atoms in total. The lowest BCUT2D eigenvalue weighted by atomic mass is 10.1. The first kappa shape index (κ1) is 14.8. The van der Waals surface area contributed by atoms with Gasteiger partial charge in [0.25, 0.3) is 11.5 Å². The van der Waals surface area contributed by atoms with Crippen molar-refractivity contribution in [3.63, 3.8) is 0 Å². The number of aromatic amines is 1. The summed E-state index contributed by atoms with van der Waals surface area (Å²) in [7, 11) is 1.57. The molecule has 3 rings (SSSR count). The number of carbonyl (C=O) groups is 1. The number of fused-ring (bicyclic) bond motifs is 1. The first-order chi connectivity index (χ1) is 11.2. The largest absolute Gasteiger partial charge is 0.497 e. The second-order valence-electron chi connectivity index (χ2n) is 5.00. The van der Waals surface area contributed by atoms with E-state index < -0.39 is 0 Å². The summed E-state index contributed by atoms with van der Waals surface area (Å²) in [5.41, 5.74) is 1.39. The van der Waals surface area contributed by atoms with Crippen molar-refractivity contribution < 1.29 is 9.53 Å². The topological polar surface area (TPSA) is 84.1 Å². The first-order valence-corrected chi connectivity index (χ1v) is 7.05. The number of methoxy groups -OCH3 is 1. The third-order valence-electron chi connectivity index (χ3n) is 3.49. The molecule has 0 saturated carbocycles. The van der Waals surface area contributed by atoms with Crippen molar-refractivity contribution in [3.05, 3.63) is 70.3 Å². The lowest BCUT2D eigenvalue weighted by Gasteiger charge is -2.07. The van der Waals surface area contributed by atoms with Crippen LogP contribution in [-0.2, 0) is 6.54 Å². The van der Waals surface area contributed by atoms with E-state index in [-0.39, 0.29) is 18.0 Å². The van der Waals surface area contributed by atoms with E-state index in [9.17, 15) is 9.59 Å². The van der Waals surface area contributed by atoms with Crippen molar-refractivity contribution in [2.75, 3.05) is 7.11 Å². The molecule has 2 N–H and O–H groups in total. The molecule has 0 spiro atoms.